The van der Waals surface area contributed by atoms with Crippen molar-refractivity contribution in [1.29, 1.82) is 0 Å². The van der Waals surface area contributed by atoms with E-state index in [1.54, 1.807) is 4.57 Å². The lowest BCUT2D eigenvalue weighted by Gasteiger charge is -2.28. The van der Waals surface area contributed by atoms with Crippen molar-refractivity contribution in [3.8, 4) is 0 Å². The third-order valence-electron chi connectivity index (χ3n) is 7.39. The Morgan fingerprint density at radius 2 is 1.76 bits per heavy atom. The predicted octanol–water partition coefficient (Wildman–Crippen LogP) is 4.57. The van der Waals surface area contributed by atoms with E-state index in [4.69, 9.17) is 4.98 Å². The van der Waals surface area contributed by atoms with E-state index < -0.39 is 0 Å². The molecule has 202 valence electrons. The second-order valence-corrected chi connectivity index (χ2v) is 11.2. The fraction of sp³-hybridized carbons (Fsp3) is 0.467. The molecule has 4 rings (SSSR count). The molecule has 7 nitrogen and oxygen atoms in total. The predicted molar refractivity (Wildman–Crippen MR) is 153 cm³/mol. The zero-order chi connectivity index (χ0) is 26.9. The van der Waals surface area contributed by atoms with E-state index in [1.165, 1.54) is 17.3 Å². The minimum atomic E-state index is -0.0683. The van der Waals surface area contributed by atoms with Crippen molar-refractivity contribution < 1.29 is 9.59 Å². The van der Waals surface area contributed by atoms with Gasteiger partial charge in [0.2, 0.25) is 11.8 Å². The Hall–Kier alpha value is -3.13. The van der Waals surface area contributed by atoms with Crippen LogP contribution in [-0.2, 0) is 22.6 Å². The molecule has 1 heterocycles. The molecule has 0 aliphatic heterocycles. The van der Waals surface area contributed by atoms with E-state index in [9.17, 15) is 14.4 Å². The SMILES string of the molecule is CC[C@H](C)NC(=O)CSc1nc2ccccc2c(=O)n1CC1CCC(C(=O)NCCc2ccccc2)CC1. The van der Waals surface area contributed by atoms with Gasteiger partial charge in [0.25, 0.3) is 5.56 Å². The molecule has 0 radical (unpaired) electrons. The third kappa shape index (κ3) is 7.47. The fourth-order valence-electron chi connectivity index (χ4n) is 4.95. The van der Waals surface area contributed by atoms with Crippen molar-refractivity contribution in [3.63, 3.8) is 0 Å². The Bertz CT molecular complexity index is 1290. The lowest BCUT2D eigenvalue weighted by Crippen LogP contribution is -2.36. The summed E-state index contributed by atoms with van der Waals surface area (Å²) in [7, 11) is 0. The number of benzene rings is 2. The van der Waals surface area contributed by atoms with Crippen LogP contribution in [0.1, 0.15) is 51.5 Å². The topological polar surface area (TPSA) is 93.1 Å². The van der Waals surface area contributed by atoms with Crippen molar-refractivity contribution in [3.05, 3.63) is 70.5 Å². The molecule has 8 heteroatoms. The van der Waals surface area contributed by atoms with Gasteiger partial charge >= 0.3 is 0 Å². The van der Waals surface area contributed by atoms with Crippen LogP contribution in [0, 0.1) is 11.8 Å². The maximum absolute atomic E-state index is 13.4. The van der Waals surface area contributed by atoms with Crippen LogP contribution in [0.2, 0.25) is 0 Å². The minimum absolute atomic E-state index is 0.0200. The highest BCUT2D eigenvalue weighted by atomic mass is 32.2. The summed E-state index contributed by atoms with van der Waals surface area (Å²) in [4.78, 5) is 43.3. The molecule has 38 heavy (non-hydrogen) atoms. The Labute approximate surface area is 228 Å². The summed E-state index contributed by atoms with van der Waals surface area (Å²) in [6, 6.07) is 17.7. The second kappa shape index (κ2) is 13.6. The van der Waals surface area contributed by atoms with Crippen LogP contribution in [0.5, 0.6) is 0 Å². The third-order valence-corrected chi connectivity index (χ3v) is 8.37. The highest BCUT2D eigenvalue weighted by Crippen LogP contribution is 2.31. The summed E-state index contributed by atoms with van der Waals surface area (Å²) < 4.78 is 1.74. The molecule has 1 aliphatic rings. The number of thioether (sulfide) groups is 1. The van der Waals surface area contributed by atoms with Crippen LogP contribution in [0.15, 0.2) is 64.5 Å². The number of aromatic nitrogens is 2. The molecular formula is C30H38N4O3S. The molecule has 0 spiro atoms. The van der Waals surface area contributed by atoms with Gasteiger partial charge in [-0.15, -0.1) is 0 Å². The quantitative estimate of drug-likeness (QED) is 0.278. The van der Waals surface area contributed by atoms with Gasteiger partial charge in [0.15, 0.2) is 5.16 Å². The fourth-order valence-corrected chi connectivity index (χ4v) is 5.77. The number of hydrogen-bond donors (Lipinski definition) is 2. The van der Waals surface area contributed by atoms with Gasteiger partial charge in [-0.25, -0.2) is 4.98 Å². The van der Waals surface area contributed by atoms with Gasteiger partial charge in [-0.3, -0.25) is 19.0 Å². The van der Waals surface area contributed by atoms with Gasteiger partial charge in [-0.05, 0) is 69.1 Å². The summed E-state index contributed by atoms with van der Waals surface area (Å²) in [5.74, 6) is 0.596. The largest absolute Gasteiger partial charge is 0.356 e. The Balaban J connectivity index is 1.37. The maximum atomic E-state index is 13.4. The average molecular weight is 535 g/mol. The number of nitrogens with zero attached hydrogens (tertiary/aromatic N) is 2. The van der Waals surface area contributed by atoms with Gasteiger partial charge in [0.05, 0.1) is 16.7 Å². The van der Waals surface area contributed by atoms with Crippen LogP contribution in [0.3, 0.4) is 0 Å². The number of hydrogen-bond acceptors (Lipinski definition) is 5. The van der Waals surface area contributed by atoms with E-state index in [0.717, 1.165) is 38.5 Å². The summed E-state index contributed by atoms with van der Waals surface area (Å²) in [6.07, 6.45) is 5.09. The average Bonchev–Trinajstić information content (AvgIpc) is 2.94. The normalized spacial score (nSPS) is 18.2. The first kappa shape index (κ1) is 27.9. The summed E-state index contributed by atoms with van der Waals surface area (Å²) >= 11 is 1.31. The van der Waals surface area contributed by atoms with Gasteiger partial charge < -0.3 is 10.6 Å². The molecule has 1 aromatic heterocycles. The highest BCUT2D eigenvalue weighted by molar-refractivity contribution is 7.99. The highest BCUT2D eigenvalue weighted by Gasteiger charge is 2.27. The number of amides is 2. The molecule has 2 N–H and O–H groups in total. The molecule has 1 atom stereocenters. The monoisotopic (exact) mass is 534 g/mol. The van der Waals surface area contributed by atoms with Crippen LogP contribution < -0.4 is 16.2 Å². The maximum Gasteiger partial charge on any atom is 0.262 e. The standard InChI is InChI=1S/C30H38N4O3S/c1-3-21(2)32-27(35)20-38-30-33-26-12-8-7-11-25(26)29(37)34(30)19-23-13-15-24(16-14-23)28(36)31-18-17-22-9-5-4-6-10-22/h4-12,21,23-24H,3,13-20H2,1-2H3,(H,31,36)(H,32,35)/t21-,23?,24?/m0/s1. The van der Waals surface area contributed by atoms with E-state index in [-0.39, 0.29) is 41.0 Å². The number of carbonyl (C=O) groups excluding carboxylic acids is 2. The van der Waals surface area contributed by atoms with E-state index in [0.29, 0.717) is 29.1 Å². The first-order chi connectivity index (χ1) is 18.4. The summed E-state index contributed by atoms with van der Waals surface area (Å²) in [5, 5.41) is 7.25. The molecule has 0 unspecified atom stereocenters. The zero-order valence-electron chi connectivity index (χ0n) is 22.3. The molecule has 1 saturated carbocycles. The number of para-hydroxylation sites is 1. The molecule has 0 saturated heterocycles. The van der Waals surface area contributed by atoms with E-state index in [1.807, 2.05) is 56.3 Å². The van der Waals surface area contributed by atoms with Crippen LogP contribution in [0.4, 0.5) is 0 Å². The molecule has 0 bridgehead atoms. The van der Waals surface area contributed by atoms with Crippen LogP contribution in [-0.4, -0.2) is 39.7 Å². The Kier molecular flexibility index (Phi) is 9.98. The number of carbonyl (C=O) groups is 2. The number of fused-ring (bicyclic) bond motifs is 1. The molecule has 2 amide bonds. The van der Waals surface area contributed by atoms with Crippen LogP contribution >= 0.6 is 11.8 Å². The van der Waals surface area contributed by atoms with Gasteiger partial charge in [0, 0.05) is 25.0 Å². The first-order valence-corrected chi connectivity index (χ1v) is 14.7. The van der Waals surface area contributed by atoms with Crippen molar-refractivity contribution in [2.24, 2.45) is 11.8 Å². The van der Waals surface area contributed by atoms with Crippen molar-refractivity contribution >= 4 is 34.5 Å². The Morgan fingerprint density at radius 3 is 2.50 bits per heavy atom. The molecule has 1 fully saturated rings. The minimum Gasteiger partial charge on any atom is -0.356 e. The van der Waals surface area contributed by atoms with Gasteiger partial charge in [-0.2, -0.15) is 0 Å². The lowest BCUT2D eigenvalue weighted by molar-refractivity contribution is -0.126. The van der Waals surface area contributed by atoms with Crippen LogP contribution in [0.25, 0.3) is 10.9 Å². The first-order valence-electron chi connectivity index (χ1n) is 13.7. The molecule has 1 aliphatic carbocycles. The van der Waals surface area contributed by atoms with Crippen molar-refractivity contribution in [1.82, 2.24) is 20.2 Å². The second-order valence-electron chi connectivity index (χ2n) is 10.2. The smallest absolute Gasteiger partial charge is 0.262 e. The summed E-state index contributed by atoms with van der Waals surface area (Å²) in [6.45, 7) is 5.21. The van der Waals surface area contributed by atoms with Crippen molar-refractivity contribution in [2.75, 3.05) is 12.3 Å². The number of nitrogens with one attached hydrogen (secondary N) is 2. The summed E-state index contributed by atoms with van der Waals surface area (Å²) in [5.41, 5.74) is 1.80. The van der Waals surface area contributed by atoms with Gasteiger partial charge in [-0.1, -0.05) is 61.2 Å². The van der Waals surface area contributed by atoms with Crippen molar-refractivity contribution in [2.45, 2.75) is 70.1 Å². The zero-order valence-corrected chi connectivity index (χ0v) is 23.1. The molecule has 2 aromatic carbocycles. The number of rotatable bonds is 11. The molecule has 3 aromatic rings. The van der Waals surface area contributed by atoms with Gasteiger partial charge in [0.1, 0.15) is 0 Å². The Morgan fingerprint density at radius 1 is 1.05 bits per heavy atom. The van der Waals surface area contributed by atoms with E-state index >= 15 is 0 Å². The van der Waals surface area contributed by atoms with E-state index in [2.05, 4.69) is 22.8 Å². The molecular weight excluding hydrogens is 496 g/mol. The lowest BCUT2D eigenvalue weighted by atomic mass is 9.81.